The van der Waals surface area contributed by atoms with E-state index in [0.717, 1.165) is 18.7 Å². The molecule has 0 radical (unpaired) electrons. The summed E-state index contributed by atoms with van der Waals surface area (Å²) in [6.45, 7) is 3.25. The van der Waals surface area contributed by atoms with Crippen LogP contribution in [-0.4, -0.2) is 29.7 Å². The molecule has 1 atom stereocenters. The maximum absolute atomic E-state index is 8.75. The van der Waals surface area contributed by atoms with Crippen LogP contribution in [0.1, 0.15) is 34.8 Å². The van der Waals surface area contributed by atoms with E-state index in [-0.39, 0.29) is 6.61 Å². The molecular formula is C19H21NOS. The molecule has 1 fully saturated rings. The summed E-state index contributed by atoms with van der Waals surface area (Å²) in [6.07, 6.45) is 2.56. The lowest BCUT2D eigenvalue weighted by Gasteiger charge is -2.32. The number of hydrogen-bond donors (Lipinski definition) is 1. The monoisotopic (exact) mass is 311 g/mol. The average molecular weight is 311 g/mol. The van der Waals surface area contributed by atoms with Crippen LogP contribution < -0.4 is 0 Å². The highest BCUT2D eigenvalue weighted by atomic mass is 32.1. The predicted octanol–water partition coefficient (Wildman–Crippen LogP) is 3.47. The maximum atomic E-state index is 8.75. The summed E-state index contributed by atoms with van der Waals surface area (Å²) in [5.41, 5.74) is 2.48. The van der Waals surface area contributed by atoms with Crippen molar-refractivity contribution in [3.8, 4) is 11.8 Å². The first-order valence-corrected chi connectivity index (χ1v) is 8.67. The quantitative estimate of drug-likeness (QED) is 0.877. The van der Waals surface area contributed by atoms with Crippen molar-refractivity contribution in [2.75, 3.05) is 19.7 Å². The van der Waals surface area contributed by atoms with Crippen molar-refractivity contribution in [3.05, 3.63) is 57.8 Å². The fourth-order valence-corrected chi connectivity index (χ4v) is 3.94. The zero-order valence-electron chi connectivity index (χ0n) is 12.7. The third-order valence-corrected chi connectivity index (χ3v) is 5.04. The molecule has 2 heterocycles. The molecule has 1 aromatic heterocycles. The Bertz CT molecular complexity index is 653. The normalized spacial score (nSPS) is 18.7. The molecule has 0 aliphatic carbocycles. The van der Waals surface area contributed by atoms with Crippen molar-refractivity contribution in [2.24, 2.45) is 0 Å². The molecule has 1 unspecified atom stereocenters. The van der Waals surface area contributed by atoms with Gasteiger partial charge in [-0.2, -0.15) is 0 Å². The number of hydrogen-bond acceptors (Lipinski definition) is 3. The standard InChI is InChI=1S/C19H21NOS/c21-11-5-6-16-12-19(22-15-16)14-20-10-4-9-18(13-20)17-7-2-1-3-8-17/h1-3,7-8,12,15,18,21H,4,9-11,13-14H2. The minimum atomic E-state index is -0.0734. The van der Waals surface area contributed by atoms with E-state index in [1.165, 1.54) is 29.8 Å². The molecule has 0 bridgehead atoms. The first kappa shape index (κ1) is 15.3. The summed E-state index contributed by atoms with van der Waals surface area (Å²) >= 11 is 1.76. The van der Waals surface area contributed by atoms with Gasteiger partial charge in [0, 0.05) is 28.9 Å². The largest absolute Gasteiger partial charge is 0.384 e. The van der Waals surface area contributed by atoms with E-state index in [9.17, 15) is 0 Å². The van der Waals surface area contributed by atoms with Gasteiger partial charge in [0.05, 0.1) is 0 Å². The van der Waals surface area contributed by atoms with E-state index in [2.05, 4.69) is 58.5 Å². The molecule has 1 aliphatic heterocycles. The lowest BCUT2D eigenvalue weighted by atomic mass is 9.91. The highest BCUT2D eigenvalue weighted by molar-refractivity contribution is 7.10. The summed E-state index contributed by atoms with van der Waals surface area (Å²) in [4.78, 5) is 3.91. The first-order valence-electron chi connectivity index (χ1n) is 7.79. The van der Waals surface area contributed by atoms with Crippen LogP contribution in [0.15, 0.2) is 41.8 Å². The lowest BCUT2D eigenvalue weighted by Crippen LogP contribution is -2.33. The van der Waals surface area contributed by atoms with Crippen molar-refractivity contribution in [2.45, 2.75) is 25.3 Å². The summed E-state index contributed by atoms with van der Waals surface area (Å²) < 4.78 is 0. The number of likely N-dealkylation sites (tertiary alicyclic amines) is 1. The van der Waals surface area contributed by atoms with Crippen LogP contribution >= 0.6 is 11.3 Å². The number of nitrogens with zero attached hydrogens (tertiary/aromatic N) is 1. The number of benzene rings is 1. The van der Waals surface area contributed by atoms with Gasteiger partial charge >= 0.3 is 0 Å². The summed E-state index contributed by atoms with van der Waals surface area (Å²) in [5, 5.41) is 10.8. The zero-order chi connectivity index (χ0) is 15.2. The molecule has 3 rings (SSSR count). The van der Waals surface area contributed by atoms with Crippen molar-refractivity contribution in [1.29, 1.82) is 0 Å². The Morgan fingerprint density at radius 1 is 1.27 bits per heavy atom. The Morgan fingerprint density at radius 3 is 2.95 bits per heavy atom. The molecule has 114 valence electrons. The molecule has 0 saturated carbocycles. The molecule has 3 heteroatoms. The molecule has 1 aliphatic rings. The molecule has 2 aromatic rings. The topological polar surface area (TPSA) is 23.5 Å². The van der Waals surface area contributed by atoms with Gasteiger partial charge < -0.3 is 5.11 Å². The minimum absolute atomic E-state index is 0.0734. The van der Waals surface area contributed by atoms with Gasteiger partial charge in [0.1, 0.15) is 6.61 Å². The Morgan fingerprint density at radius 2 is 2.14 bits per heavy atom. The van der Waals surface area contributed by atoms with Crippen LogP contribution in [0.25, 0.3) is 0 Å². The fraction of sp³-hybridized carbons (Fsp3) is 0.368. The van der Waals surface area contributed by atoms with Crippen molar-refractivity contribution >= 4 is 11.3 Å². The van der Waals surface area contributed by atoms with Gasteiger partial charge in [0.2, 0.25) is 0 Å². The Kier molecular flexibility index (Phi) is 5.29. The van der Waals surface area contributed by atoms with E-state index < -0.39 is 0 Å². The van der Waals surface area contributed by atoms with Crippen molar-refractivity contribution < 1.29 is 5.11 Å². The van der Waals surface area contributed by atoms with E-state index >= 15 is 0 Å². The number of rotatable bonds is 3. The van der Waals surface area contributed by atoms with Gasteiger partial charge in [-0.15, -0.1) is 11.3 Å². The number of thiophene rings is 1. The van der Waals surface area contributed by atoms with E-state index in [1.54, 1.807) is 11.3 Å². The molecule has 0 amide bonds. The smallest absolute Gasteiger partial charge is 0.104 e. The first-order chi connectivity index (χ1) is 10.8. The third kappa shape index (κ3) is 3.98. The molecule has 1 aromatic carbocycles. The molecular weight excluding hydrogens is 290 g/mol. The van der Waals surface area contributed by atoms with Crippen LogP contribution in [0, 0.1) is 11.8 Å². The zero-order valence-corrected chi connectivity index (χ0v) is 13.5. The van der Waals surface area contributed by atoms with Gasteiger partial charge in [0.15, 0.2) is 0 Å². The van der Waals surface area contributed by atoms with Crippen LogP contribution in [0.5, 0.6) is 0 Å². The van der Waals surface area contributed by atoms with Crippen LogP contribution in [0.4, 0.5) is 0 Å². The maximum Gasteiger partial charge on any atom is 0.104 e. The summed E-state index contributed by atoms with van der Waals surface area (Å²) in [6, 6.07) is 13.0. The van der Waals surface area contributed by atoms with E-state index in [1.807, 2.05) is 0 Å². The highest BCUT2D eigenvalue weighted by Crippen LogP contribution is 2.28. The third-order valence-electron chi connectivity index (χ3n) is 4.12. The number of aliphatic hydroxyl groups is 1. The van der Waals surface area contributed by atoms with Gasteiger partial charge in [0.25, 0.3) is 0 Å². The van der Waals surface area contributed by atoms with Gasteiger partial charge in [-0.1, -0.05) is 42.2 Å². The highest BCUT2D eigenvalue weighted by Gasteiger charge is 2.21. The molecule has 22 heavy (non-hydrogen) atoms. The second-order valence-corrected chi connectivity index (χ2v) is 6.74. The van der Waals surface area contributed by atoms with Crippen LogP contribution in [0.2, 0.25) is 0 Å². The SMILES string of the molecule is OCC#Cc1csc(CN2CCCC(c3ccccc3)C2)c1. The van der Waals surface area contributed by atoms with Gasteiger partial charge in [-0.25, -0.2) is 0 Å². The molecule has 2 nitrogen and oxygen atoms in total. The second kappa shape index (κ2) is 7.60. The molecule has 1 N–H and O–H groups in total. The Hall–Kier alpha value is -1.60. The van der Waals surface area contributed by atoms with Gasteiger partial charge in [-0.3, -0.25) is 4.90 Å². The Balaban J connectivity index is 1.62. The Labute approximate surface area is 136 Å². The minimum Gasteiger partial charge on any atom is -0.384 e. The van der Waals surface area contributed by atoms with Crippen LogP contribution in [0.3, 0.4) is 0 Å². The average Bonchev–Trinajstić information content (AvgIpc) is 3.01. The molecule has 1 saturated heterocycles. The molecule has 0 spiro atoms. The van der Waals surface area contributed by atoms with Gasteiger partial charge in [-0.05, 0) is 36.9 Å². The number of aliphatic hydroxyl groups excluding tert-OH is 1. The van der Waals surface area contributed by atoms with Crippen LogP contribution in [-0.2, 0) is 6.54 Å². The lowest BCUT2D eigenvalue weighted by molar-refractivity contribution is 0.202. The summed E-state index contributed by atoms with van der Waals surface area (Å²) in [5.74, 6) is 6.34. The van der Waals surface area contributed by atoms with E-state index in [4.69, 9.17) is 5.11 Å². The summed E-state index contributed by atoms with van der Waals surface area (Å²) in [7, 11) is 0. The fourth-order valence-electron chi connectivity index (χ4n) is 3.09. The van der Waals surface area contributed by atoms with Crippen molar-refractivity contribution in [3.63, 3.8) is 0 Å². The van der Waals surface area contributed by atoms with E-state index in [0.29, 0.717) is 5.92 Å². The second-order valence-electron chi connectivity index (χ2n) is 5.75. The van der Waals surface area contributed by atoms with Crippen molar-refractivity contribution in [1.82, 2.24) is 4.90 Å². The predicted molar refractivity (Wildman–Crippen MR) is 92.0 cm³/mol. The number of piperidine rings is 1.